The molecule has 1 N–H and O–H groups in total. The average Bonchev–Trinajstić information content (AvgIpc) is 2.85. The Hall–Kier alpha value is -2.83. The molecule has 0 unspecified atom stereocenters. The molecular formula is C19H20F2N4O. The molecule has 136 valence electrons. The summed E-state index contributed by atoms with van der Waals surface area (Å²) in [5.41, 5.74) is 3.79. The summed E-state index contributed by atoms with van der Waals surface area (Å²) in [5.74, 6) is -0.287. The van der Waals surface area contributed by atoms with Crippen LogP contribution in [0, 0.1) is 27.7 Å². The van der Waals surface area contributed by atoms with E-state index in [0.29, 0.717) is 22.4 Å². The zero-order chi connectivity index (χ0) is 19.0. The van der Waals surface area contributed by atoms with Crippen LogP contribution in [0.4, 0.5) is 14.5 Å². The van der Waals surface area contributed by atoms with Gasteiger partial charge in [-0.25, -0.2) is 18.4 Å². The topological polar surface area (TPSA) is 59.8 Å². The Balaban J connectivity index is 1.94. The van der Waals surface area contributed by atoms with Crippen molar-refractivity contribution in [2.24, 2.45) is 0 Å². The van der Waals surface area contributed by atoms with Gasteiger partial charge in [-0.15, -0.1) is 0 Å². The van der Waals surface area contributed by atoms with E-state index < -0.39 is 6.43 Å². The second-order valence-electron chi connectivity index (χ2n) is 6.46. The van der Waals surface area contributed by atoms with Gasteiger partial charge >= 0.3 is 0 Å². The highest BCUT2D eigenvalue weighted by atomic mass is 19.3. The van der Waals surface area contributed by atoms with Crippen LogP contribution in [0.1, 0.15) is 34.5 Å². The number of nitrogens with zero attached hydrogens (tertiary/aromatic N) is 3. The number of hydrogen-bond acceptors (Lipinski definition) is 3. The Morgan fingerprint density at radius 3 is 2.62 bits per heavy atom. The minimum Gasteiger partial charge on any atom is -0.324 e. The molecule has 3 aromatic rings. The van der Waals surface area contributed by atoms with Crippen LogP contribution in [0.5, 0.6) is 0 Å². The van der Waals surface area contributed by atoms with E-state index in [9.17, 15) is 13.6 Å². The first-order chi connectivity index (χ1) is 12.3. The Labute approximate surface area is 150 Å². The smallest absolute Gasteiger partial charge is 0.264 e. The van der Waals surface area contributed by atoms with Crippen molar-refractivity contribution < 1.29 is 13.6 Å². The summed E-state index contributed by atoms with van der Waals surface area (Å²) in [5, 5.41) is 7.42. The third-order valence-corrected chi connectivity index (χ3v) is 4.23. The zero-order valence-corrected chi connectivity index (χ0v) is 15.1. The average molecular weight is 358 g/mol. The second kappa shape index (κ2) is 6.82. The summed E-state index contributed by atoms with van der Waals surface area (Å²) in [6, 6.07) is 7.14. The Kier molecular flexibility index (Phi) is 4.71. The molecule has 0 spiro atoms. The van der Waals surface area contributed by atoms with Crippen LogP contribution in [0.2, 0.25) is 0 Å². The number of nitrogens with one attached hydrogen (secondary N) is 1. The minimum absolute atomic E-state index is 0.100. The lowest BCUT2D eigenvalue weighted by atomic mass is 10.1. The summed E-state index contributed by atoms with van der Waals surface area (Å²) in [6.45, 7) is 7.04. The van der Waals surface area contributed by atoms with E-state index in [-0.39, 0.29) is 18.0 Å². The van der Waals surface area contributed by atoms with Crippen LogP contribution < -0.4 is 5.32 Å². The largest absolute Gasteiger partial charge is 0.324 e. The molecule has 0 aliphatic heterocycles. The molecule has 26 heavy (non-hydrogen) atoms. The summed E-state index contributed by atoms with van der Waals surface area (Å²) in [6.07, 6.45) is -2.63. The maximum absolute atomic E-state index is 13.4. The maximum atomic E-state index is 13.4. The van der Waals surface area contributed by atoms with Crippen molar-refractivity contribution >= 4 is 22.6 Å². The molecule has 5 nitrogen and oxygen atoms in total. The molecule has 0 saturated carbocycles. The number of halogens is 2. The molecule has 0 atom stereocenters. The highest BCUT2D eigenvalue weighted by Crippen LogP contribution is 2.30. The van der Waals surface area contributed by atoms with Gasteiger partial charge in [-0.05, 0) is 51.0 Å². The summed E-state index contributed by atoms with van der Waals surface area (Å²) in [7, 11) is 0. The van der Waals surface area contributed by atoms with Crippen molar-refractivity contribution in [2.75, 3.05) is 5.32 Å². The van der Waals surface area contributed by atoms with E-state index >= 15 is 0 Å². The number of amides is 1. The third kappa shape index (κ3) is 3.42. The van der Waals surface area contributed by atoms with Gasteiger partial charge in [-0.2, -0.15) is 5.10 Å². The van der Waals surface area contributed by atoms with Gasteiger partial charge in [0.2, 0.25) is 5.91 Å². The van der Waals surface area contributed by atoms with E-state index in [1.807, 2.05) is 32.0 Å². The van der Waals surface area contributed by atoms with Crippen molar-refractivity contribution in [1.82, 2.24) is 14.8 Å². The minimum atomic E-state index is -2.63. The Morgan fingerprint density at radius 1 is 1.19 bits per heavy atom. The lowest BCUT2D eigenvalue weighted by Gasteiger charge is -2.10. The van der Waals surface area contributed by atoms with Gasteiger partial charge in [0, 0.05) is 16.9 Å². The Bertz CT molecular complexity index is 995. The molecule has 2 heterocycles. The Morgan fingerprint density at radius 2 is 1.92 bits per heavy atom. The fraction of sp³-hybridized carbons (Fsp3) is 0.316. The van der Waals surface area contributed by atoms with E-state index in [0.717, 1.165) is 16.8 Å². The number of benzene rings is 1. The van der Waals surface area contributed by atoms with Crippen LogP contribution in [-0.2, 0) is 11.3 Å². The van der Waals surface area contributed by atoms with Crippen molar-refractivity contribution in [3.8, 4) is 0 Å². The van der Waals surface area contributed by atoms with E-state index in [4.69, 9.17) is 0 Å². The van der Waals surface area contributed by atoms with Crippen molar-refractivity contribution in [3.63, 3.8) is 0 Å². The summed E-state index contributed by atoms with van der Waals surface area (Å²) in [4.78, 5) is 16.8. The summed E-state index contributed by atoms with van der Waals surface area (Å²) >= 11 is 0. The second-order valence-corrected chi connectivity index (χ2v) is 6.46. The first-order valence-electron chi connectivity index (χ1n) is 8.26. The number of hydrogen-bond donors (Lipinski definition) is 1. The van der Waals surface area contributed by atoms with Crippen molar-refractivity contribution in [3.05, 3.63) is 52.3 Å². The lowest BCUT2D eigenvalue weighted by molar-refractivity contribution is -0.116. The molecule has 0 aliphatic rings. The summed E-state index contributed by atoms with van der Waals surface area (Å²) < 4.78 is 28.1. The molecule has 7 heteroatoms. The van der Waals surface area contributed by atoms with E-state index in [1.54, 1.807) is 13.8 Å². The monoisotopic (exact) mass is 358 g/mol. The molecule has 0 aliphatic carbocycles. The standard InChI is InChI=1S/C19H20F2N4O/c1-10-5-6-11(2)15(7-10)23-16(26)9-25-19-17(13(4)24-25)14(18(20)21)8-12(3)22-19/h5-8,18H,9H2,1-4H3,(H,23,26). The van der Waals surface area contributed by atoms with Gasteiger partial charge in [-0.3, -0.25) is 4.79 Å². The number of pyridine rings is 1. The molecule has 0 bridgehead atoms. The molecule has 0 fully saturated rings. The number of aryl methyl sites for hydroxylation is 4. The number of fused-ring (bicyclic) bond motifs is 1. The van der Waals surface area contributed by atoms with Crippen LogP contribution in [0.25, 0.3) is 11.0 Å². The number of anilines is 1. The van der Waals surface area contributed by atoms with Gasteiger partial charge < -0.3 is 5.32 Å². The highest BCUT2D eigenvalue weighted by molar-refractivity contribution is 5.92. The van der Waals surface area contributed by atoms with Crippen LogP contribution in [0.15, 0.2) is 24.3 Å². The number of rotatable bonds is 4. The van der Waals surface area contributed by atoms with Crippen LogP contribution >= 0.6 is 0 Å². The normalized spacial score (nSPS) is 11.3. The number of carbonyl (C=O) groups is 1. The molecule has 1 amide bonds. The predicted molar refractivity (Wildman–Crippen MR) is 96.5 cm³/mol. The fourth-order valence-electron chi connectivity index (χ4n) is 3.00. The van der Waals surface area contributed by atoms with Gasteiger partial charge in [-0.1, -0.05) is 12.1 Å². The number of carbonyl (C=O) groups excluding carboxylic acids is 1. The van der Waals surface area contributed by atoms with Crippen molar-refractivity contribution in [1.29, 1.82) is 0 Å². The van der Waals surface area contributed by atoms with Crippen LogP contribution in [-0.4, -0.2) is 20.7 Å². The van der Waals surface area contributed by atoms with Gasteiger partial charge in [0.1, 0.15) is 6.54 Å². The van der Waals surface area contributed by atoms with Gasteiger partial charge in [0.15, 0.2) is 5.65 Å². The van der Waals surface area contributed by atoms with Gasteiger partial charge in [0.25, 0.3) is 6.43 Å². The first kappa shape index (κ1) is 18.0. The highest BCUT2D eigenvalue weighted by Gasteiger charge is 2.20. The zero-order valence-electron chi connectivity index (χ0n) is 15.1. The quantitative estimate of drug-likeness (QED) is 0.759. The fourth-order valence-corrected chi connectivity index (χ4v) is 3.00. The number of alkyl halides is 2. The predicted octanol–water partition coefficient (Wildman–Crippen LogP) is 4.24. The van der Waals surface area contributed by atoms with Crippen LogP contribution in [0.3, 0.4) is 0 Å². The first-order valence-corrected chi connectivity index (χ1v) is 8.26. The molecule has 2 aromatic heterocycles. The SMILES string of the molecule is Cc1ccc(C)c(NC(=O)Cn2nc(C)c3c(C(F)F)cc(C)nc32)c1. The molecule has 0 radical (unpaired) electrons. The lowest BCUT2D eigenvalue weighted by Crippen LogP contribution is -2.20. The van der Waals surface area contributed by atoms with E-state index in [2.05, 4.69) is 15.4 Å². The molecule has 1 aromatic carbocycles. The molecule has 0 saturated heterocycles. The third-order valence-electron chi connectivity index (χ3n) is 4.23. The van der Waals surface area contributed by atoms with E-state index in [1.165, 1.54) is 10.7 Å². The molecule has 3 rings (SSSR count). The van der Waals surface area contributed by atoms with Crippen molar-refractivity contribution in [2.45, 2.75) is 40.7 Å². The number of aromatic nitrogens is 3. The molecular weight excluding hydrogens is 338 g/mol. The van der Waals surface area contributed by atoms with Gasteiger partial charge in [0.05, 0.1) is 11.1 Å². The maximum Gasteiger partial charge on any atom is 0.264 e.